The van der Waals surface area contributed by atoms with Crippen molar-refractivity contribution in [1.29, 1.82) is 0 Å². The zero-order valence-electron chi connectivity index (χ0n) is 9.37. The molecule has 1 heterocycles. The van der Waals surface area contributed by atoms with Crippen molar-refractivity contribution in [3.8, 4) is 11.4 Å². The monoisotopic (exact) mass is 284 g/mol. The van der Waals surface area contributed by atoms with E-state index in [1.54, 1.807) is 18.7 Å². The second kappa shape index (κ2) is 5.25. The van der Waals surface area contributed by atoms with Gasteiger partial charge in [-0.2, -0.15) is 0 Å². The number of halogens is 2. The minimum Gasteiger partial charge on any atom is -0.216 e. The van der Waals surface area contributed by atoms with Crippen molar-refractivity contribution < 1.29 is 0 Å². The molecule has 2 rings (SSSR count). The predicted molar refractivity (Wildman–Crippen MR) is 74.0 cm³/mol. The Hall–Kier alpha value is -0.770. The van der Waals surface area contributed by atoms with Crippen molar-refractivity contribution in [2.24, 2.45) is 0 Å². The molecule has 0 unspecified atom stereocenters. The summed E-state index contributed by atoms with van der Waals surface area (Å²) in [6.07, 6.45) is 2.03. The van der Waals surface area contributed by atoms with Crippen LogP contribution in [0.15, 0.2) is 29.2 Å². The zero-order valence-corrected chi connectivity index (χ0v) is 11.7. The molecule has 2 nitrogen and oxygen atoms in total. The van der Waals surface area contributed by atoms with Gasteiger partial charge in [-0.05, 0) is 25.3 Å². The second-order valence-corrected chi connectivity index (χ2v) is 5.08. The molecule has 0 saturated carbocycles. The molecule has 0 amide bonds. The first kappa shape index (κ1) is 12.7. The summed E-state index contributed by atoms with van der Waals surface area (Å²) >= 11 is 13.7. The Morgan fingerprint density at radius 1 is 1.00 bits per heavy atom. The lowest BCUT2D eigenvalue weighted by atomic mass is 10.2. The van der Waals surface area contributed by atoms with Gasteiger partial charge < -0.3 is 0 Å². The Kier molecular flexibility index (Phi) is 3.92. The van der Waals surface area contributed by atoms with Gasteiger partial charge >= 0.3 is 0 Å². The predicted octanol–water partition coefficient (Wildman–Crippen LogP) is 4.48. The Morgan fingerprint density at radius 3 is 2.00 bits per heavy atom. The summed E-state index contributed by atoms with van der Waals surface area (Å²) in [5.74, 6) is 0.554. The third-order valence-electron chi connectivity index (χ3n) is 2.38. The van der Waals surface area contributed by atoms with Gasteiger partial charge in [0.05, 0.1) is 0 Å². The normalized spacial score (nSPS) is 10.6. The number of thioether (sulfide) groups is 1. The molecule has 0 aliphatic carbocycles. The molecule has 0 radical (unpaired) electrons. The summed E-state index contributed by atoms with van der Waals surface area (Å²) in [7, 11) is 0. The van der Waals surface area contributed by atoms with Gasteiger partial charge in [-0.3, -0.25) is 0 Å². The summed E-state index contributed by atoms with van der Waals surface area (Å²) < 4.78 is 0. The molecular weight excluding hydrogens is 275 g/mol. The van der Waals surface area contributed by atoms with E-state index in [1.165, 1.54) is 4.90 Å². The summed E-state index contributed by atoms with van der Waals surface area (Å²) in [5, 5.41) is 0.794. The highest BCUT2D eigenvalue weighted by Gasteiger charge is 2.09. The fraction of sp³-hybridized carbons (Fsp3) is 0.167. The van der Waals surface area contributed by atoms with Crippen LogP contribution in [-0.2, 0) is 0 Å². The fourth-order valence-electron chi connectivity index (χ4n) is 1.33. The van der Waals surface area contributed by atoms with E-state index in [2.05, 4.69) is 9.97 Å². The first-order valence-corrected chi connectivity index (χ1v) is 6.94. The van der Waals surface area contributed by atoms with Crippen LogP contribution < -0.4 is 0 Å². The van der Waals surface area contributed by atoms with Gasteiger partial charge in [-0.1, -0.05) is 35.3 Å². The smallest absolute Gasteiger partial charge is 0.162 e. The van der Waals surface area contributed by atoms with Crippen molar-refractivity contribution >= 4 is 35.0 Å². The average molecular weight is 285 g/mol. The standard InChI is InChI=1S/C12H10Cl2N2S/c1-7-10(13)15-12(16-11(7)14)8-3-5-9(17-2)6-4-8/h3-6H,1-2H3. The van der Waals surface area contributed by atoms with Crippen molar-refractivity contribution in [2.75, 3.05) is 6.26 Å². The quantitative estimate of drug-likeness (QED) is 0.601. The lowest BCUT2D eigenvalue weighted by Gasteiger charge is -2.05. The average Bonchev–Trinajstić information content (AvgIpc) is 2.35. The summed E-state index contributed by atoms with van der Waals surface area (Å²) in [4.78, 5) is 9.64. The number of aromatic nitrogens is 2. The molecule has 17 heavy (non-hydrogen) atoms. The Bertz CT molecular complexity index is 518. The molecule has 1 aromatic carbocycles. The third-order valence-corrected chi connectivity index (χ3v) is 3.85. The largest absolute Gasteiger partial charge is 0.216 e. The van der Waals surface area contributed by atoms with Crippen LogP contribution in [0.5, 0.6) is 0 Å². The summed E-state index contributed by atoms with van der Waals surface area (Å²) in [6, 6.07) is 7.96. The van der Waals surface area contributed by atoms with Crippen LogP contribution in [0.3, 0.4) is 0 Å². The number of nitrogens with zero attached hydrogens (tertiary/aromatic N) is 2. The highest BCUT2D eigenvalue weighted by Crippen LogP contribution is 2.26. The summed E-state index contributed by atoms with van der Waals surface area (Å²) in [5.41, 5.74) is 1.62. The minimum absolute atomic E-state index is 0.397. The molecule has 0 aliphatic heterocycles. The first-order chi connectivity index (χ1) is 8.11. The summed E-state index contributed by atoms with van der Waals surface area (Å²) in [6.45, 7) is 1.80. The molecule has 0 spiro atoms. The van der Waals surface area contributed by atoms with Gasteiger partial charge in [-0.15, -0.1) is 11.8 Å². The highest BCUT2D eigenvalue weighted by molar-refractivity contribution is 7.98. The second-order valence-electron chi connectivity index (χ2n) is 3.48. The molecule has 0 saturated heterocycles. The van der Waals surface area contributed by atoms with Gasteiger partial charge in [0.2, 0.25) is 0 Å². The van der Waals surface area contributed by atoms with E-state index in [9.17, 15) is 0 Å². The van der Waals surface area contributed by atoms with E-state index in [0.29, 0.717) is 21.7 Å². The topological polar surface area (TPSA) is 25.8 Å². The molecule has 5 heteroatoms. The number of rotatable bonds is 2. The number of hydrogen-bond donors (Lipinski definition) is 0. The Morgan fingerprint density at radius 2 is 1.53 bits per heavy atom. The SMILES string of the molecule is CSc1ccc(-c2nc(Cl)c(C)c(Cl)n2)cc1. The minimum atomic E-state index is 0.397. The van der Waals surface area contributed by atoms with E-state index in [4.69, 9.17) is 23.2 Å². The van der Waals surface area contributed by atoms with E-state index >= 15 is 0 Å². The zero-order chi connectivity index (χ0) is 12.4. The van der Waals surface area contributed by atoms with Gasteiger partial charge in [0, 0.05) is 16.0 Å². The Labute approximate surface area is 114 Å². The van der Waals surface area contributed by atoms with Crippen molar-refractivity contribution in [3.05, 3.63) is 40.1 Å². The fourth-order valence-corrected chi connectivity index (χ4v) is 2.13. The van der Waals surface area contributed by atoms with E-state index < -0.39 is 0 Å². The maximum atomic E-state index is 5.99. The van der Waals surface area contributed by atoms with E-state index in [-0.39, 0.29) is 0 Å². The van der Waals surface area contributed by atoms with Crippen molar-refractivity contribution in [3.63, 3.8) is 0 Å². The van der Waals surface area contributed by atoms with Gasteiger partial charge in [0.25, 0.3) is 0 Å². The lowest BCUT2D eigenvalue weighted by molar-refractivity contribution is 1.14. The maximum Gasteiger partial charge on any atom is 0.162 e. The molecule has 0 N–H and O–H groups in total. The lowest BCUT2D eigenvalue weighted by Crippen LogP contribution is -1.93. The van der Waals surface area contributed by atoms with Crippen LogP contribution in [0.1, 0.15) is 5.56 Å². The molecular formula is C12H10Cl2N2S. The van der Waals surface area contributed by atoms with Crippen LogP contribution in [0.4, 0.5) is 0 Å². The van der Waals surface area contributed by atoms with Crippen molar-refractivity contribution in [1.82, 2.24) is 9.97 Å². The van der Waals surface area contributed by atoms with Crippen LogP contribution in [0.2, 0.25) is 10.3 Å². The molecule has 0 atom stereocenters. The molecule has 0 bridgehead atoms. The molecule has 88 valence electrons. The van der Waals surface area contributed by atoms with Crippen LogP contribution in [-0.4, -0.2) is 16.2 Å². The van der Waals surface area contributed by atoms with Crippen LogP contribution >= 0.6 is 35.0 Å². The van der Waals surface area contributed by atoms with Crippen LogP contribution in [0.25, 0.3) is 11.4 Å². The Balaban J connectivity index is 2.45. The molecule has 2 aromatic rings. The first-order valence-electron chi connectivity index (χ1n) is 4.96. The van der Waals surface area contributed by atoms with E-state index in [0.717, 1.165) is 5.56 Å². The van der Waals surface area contributed by atoms with Gasteiger partial charge in [0.1, 0.15) is 10.3 Å². The van der Waals surface area contributed by atoms with Gasteiger partial charge in [-0.25, -0.2) is 9.97 Å². The third kappa shape index (κ3) is 2.73. The number of benzene rings is 1. The highest BCUT2D eigenvalue weighted by atomic mass is 35.5. The maximum absolute atomic E-state index is 5.99. The molecule has 1 aromatic heterocycles. The van der Waals surface area contributed by atoms with Gasteiger partial charge in [0.15, 0.2) is 5.82 Å². The number of hydrogen-bond acceptors (Lipinski definition) is 3. The van der Waals surface area contributed by atoms with E-state index in [1.807, 2.05) is 30.5 Å². The van der Waals surface area contributed by atoms with Crippen molar-refractivity contribution in [2.45, 2.75) is 11.8 Å². The van der Waals surface area contributed by atoms with Crippen LogP contribution in [0, 0.1) is 6.92 Å². The molecule has 0 aliphatic rings. The molecule has 0 fully saturated rings.